The van der Waals surface area contributed by atoms with Gasteiger partial charge in [-0.15, -0.1) is 0 Å². The van der Waals surface area contributed by atoms with Crippen molar-refractivity contribution < 1.29 is 23.4 Å². The summed E-state index contributed by atoms with van der Waals surface area (Å²) in [5.74, 6) is -0.332. The Hall–Kier alpha value is -3.07. The van der Waals surface area contributed by atoms with Crippen LogP contribution in [0.25, 0.3) is 22.3 Å². The van der Waals surface area contributed by atoms with Crippen molar-refractivity contribution in [3.8, 4) is 17.0 Å². The highest BCUT2D eigenvalue weighted by Crippen LogP contribution is 2.31. The summed E-state index contributed by atoms with van der Waals surface area (Å²) < 4.78 is 31.4. The van der Waals surface area contributed by atoms with E-state index in [0.717, 1.165) is 0 Å². The number of hydrogen-bond donors (Lipinski definition) is 2. The van der Waals surface area contributed by atoms with Gasteiger partial charge in [-0.05, 0) is 45.9 Å². The number of nitrogens with zero attached hydrogens (tertiary/aromatic N) is 3. The van der Waals surface area contributed by atoms with Crippen LogP contribution in [-0.2, 0) is 0 Å². The zero-order chi connectivity index (χ0) is 22.0. The highest BCUT2D eigenvalue weighted by atomic mass is 19.3. The number of nitrogens with one attached hydrogen (secondary N) is 1. The molecule has 2 N–H and O–H groups in total. The molecule has 2 atom stereocenters. The Labute approximate surface area is 172 Å². The maximum atomic E-state index is 12.6. The van der Waals surface area contributed by atoms with Crippen molar-refractivity contribution in [3.63, 3.8) is 0 Å². The molecule has 3 rings (SSSR count). The lowest BCUT2D eigenvalue weighted by atomic mass is 10.1. The third-order valence-corrected chi connectivity index (χ3v) is 4.71. The van der Waals surface area contributed by atoms with E-state index < -0.39 is 18.8 Å². The molecule has 30 heavy (non-hydrogen) atoms. The summed E-state index contributed by atoms with van der Waals surface area (Å²) in [7, 11) is 0. The normalized spacial score (nSPS) is 13.6. The predicted molar refractivity (Wildman–Crippen MR) is 109 cm³/mol. The fraction of sp³-hybridized carbons (Fsp3) is 0.381. The Kier molecular flexibility index (Phi) is 6.31. The van der Waals surface area contributed by atoms with Crippen molar-refractivity contribution in [2.75, 3.05) is 0 Å². The van der Waals surface area contributed by atoms with Crippen LogP contribution in [0.15, 0.2) is 36.5 Å². The summed E-state index contributed by atoms with van der Waals surface area (Å²) in [4.78, 5) is 17.0. The van der Waals surface area contributed by atoms with Crippen LogP contribution in [0.4, 0.5) is 8.78 Å². The molecule has 0 bridgehead atoms. The minimum Gasteiger partial charge on any atom is -0.435 e. The molecule has 0 aliphatic carbocycles. The van der Waals surface area contributed by atoms with E-state index in [9.17, 15) is 18.7 Å². The van der Waals surface area contributed by atoms with Gasteiger partial charge in [-0.25, -0.2) is 0 Å². The molecule has 0 aliphatic heterocycles. The number of carbonyl (C=O) groups excluding carboxylic acids is 1. The number of halogens is 2. The number of fused-ring (bicyclic) bond motifs is 1. The van der Waals surface area contributed by atoms with E-state index in [4.69, 9.17) is 0 Å². The molecule has 0 fully saturated rings. The lowest BCUT2D eigenvalue weighted by Gasteiger charge is -2.16. The van der Waals surface area contributed by atoms with Crippen molar-refractivity contribution in [1.29, 1.82) is 0 Å². The molecule has 7 nitrogen and oxygen atoms in total. The number of aliphatic hydroxyl groups excluding tert-OH is 1. The zero-order valence-electron chi connectivity index (χ0n) is 17.1. The molecule has 2 aromatic heterocycles. The summed E-state index contributed by atoms with van der Waals surface area (Å²) in [6.45, 7) is 4.26. The Bertz CT molecular complexity index is 1050. The SMILES string of the molecule is CC(C)n1nc(-c2cccc(OC(F)F)c2)c2ncc(C(=O)N[C@@H](C)[C@@H](C)O)cc21. The Balaban J connectivity index is 2.05. The Morgan fingerprint density at radius 1 is 1.20 bits per heavy atom. The number of aromatic nitrogens is 3. The second-order valence-electron chi connectivity index (χ2n) is 7.39. The van der Waals surface area contributed by atoms with Gasteiger partial charge in [-0.2, -0.15) is 13.9 Å². The maximum Gasteiger partial charge on any atom is 0.387 e. The average molecular weight is 418 g/mol. The number of hydrogen-bond acceptors (Lipinski definition) is 5. The molecule has 0 radical (unpaired) electrons. The number of amides is 1. The summed E-state index contributed by atoms with van der Waals surface area (Å²) in [6.07, 6.45) is 0.739. The summed E-state index contributed by atoms with van der Waals surface area (Å²) in [5, 5.41) is 16.9. The van der Waals surface area contributed by atoms with E-state index >= 15 is 0 Å². The van der Waals surface area contributed by atoms with Gasteiger partial charge in [0, 0.05) is 17.8 Å². The average Bonchev–Trinajstić information content (AvgIpc) is 3.06. The number of ether oxygens (including phenoxy) is 1. The van der Waals surface area contributed by atoms with Gasteiger partial charge >= 0.3 is 6.61 Å². The van der Waals surface area contributed by atoms with Crippen LogP contribution >= 0.6 is 0 Å². The summed E-state index contributed by atoms with van der Waals surface area (Å²) >= 11 is 0. The van der Waals surface area contributed by atoms with Gasteiger partial charge in [0.15, 0.2) is 0 Å². The highest BCUT2D eigenvalue weighted by Gasteiger charge is 2.20. The van der Waals surface area contributed by atoms with Crippen molar-refractivity contribution in [2.24, 2.45) is 0 Å². The highest BCUT2D eigenvalue weighted by molar-refractivity contribution is 5.99. The van der Waals surface area contributed by atoms with E-state index in [1.807, 2.05) is 13.8 Å². The number of pyridine rings is 1. The standard InChI is InChI=1S/C21H24F2N4O3/c1-11(2)27-17-9-15(20(29)25-12(3)13(4)28)10-24-19(17)18(26-27)14-6-5-7-16(8-14)30-21(22)23/h5-13,21,28H,1-4H3,(H,25,29)/t12-,13+/m0/s1. The van der Waals surface area contributed by atoms with E-state index in [2.05, 4.69) is 20.1 Å². The third kappa shape index (κ3) is 4.56. The summed E-state index contributed by atoms with van der Waals surface area (Å²) in [6, 6.07) is 7.49. The smallest absolute Gasteiger partial charge is 0.387 e. The Morgan fingerprint density at radius 3 is 2.57 bits per heavy atom. The first-order valence-electron chi connectivity index (χ1n) is 9.59. The van der Waals surface area contributed by atoms with E-state index in [0.29, 0.717) is 27.9 Å². The first-order valence-corrected chi connectivity index (χ1v) is 9.59. The minimum atomic E-state index is -2.92. The topological polar surface area (TPSA) is 89.3 Å². The molecule has 3 aromatic rings. The Morgan fingerprint density at radius 2 is 1.93 bits per heavy atom. The van der Waals surface area contributed by atoms with Gasteiger partial charge in [0.1, 0.15) is 17.0 Å². The number of benzene rings is 1. The van der Waals surface area contributed by atoms with Crippen LogP contribution in [0.5, 0.6) is 5.75 Å². The van der Waals surface area contributed by atoms with Gasteiger partial charge < -0.3 is 15.2 Å². The molecule has 2 heterocycles. The quantitative estimate of drug-likeness (QED) is 0.610. The summed E-state index contributed by atoms with van der Waals surface area (Å²) in [5.41, 5.74) is 2.58. The van der Waals surface area contributed by atoms with E-state index in [1.54, 1.807) is 36.7 Å². The van der Waals surface area contributed by atoms with Crippen LogP contribution in [-0.4, -0.2) is 44.5 Å². The van der Waals surface area contributed by atoms with Gasteiger partial charge in [0.05, 0.1) is 23.2 Å². The van der Waals surface area contributed by atoms with Crippen LogP contribution in [0.1, 0.15) is 44.1 Å². The monoisotopic (exact) mass is 418 g/mol. The van der Waals surface area contributed by atoms with Crippen molar-refractivity contribution in [1.82, 2.24) is 20.1 Å². The molecular weight excluding hydrogens is 394 g/mol. The molecule has 9 heteroatoms. The van der Waals surface area contributed by atoms with E-state index in [1.165, 1.54) is 18.3 Å². The number of aliphatic hydroxyl groups is 1. The molecule has 1 aromatic carbocycles. The molecule has 160 valence electrons. The van der Waals surface area contributed by atoms with Crippen molar-refractivity contribution in [2.45, 2.75) is 52.5 Å². The second-order valence-corrected chi connectivity index (χ2v) is 7.39. The van der Waals surface area contributed by atoms with Crippen LogP contribution in [0, 0.1) is 0 Å². The van der Waals surface area contributed by atoms with Crippen molar-refractivity contribution >= 4 is 16.9 Å². The van der Waals surface area contributed by atoms with Gasteiger partial charge in [0.2, 0.25) is 0 Å². The lowest BCUT2D eigenvalue weighted by molar-refractivity contribution is -0.0498. The van der Waals surface area contributed by atoms with Crippen LogP contribution in [0.3, 0.4) is 0 Å². The molecule has 1 amide bonds. The maximum absolute atomic E-state index is 12.6. The molecule has 0 aliphatic rings. The van der Waals surface area contributed by atoms with E-state index in [-0.39, 0.29) is 17.7 Å². The first-order chi connectivity index (χ1) is 14.2. The molecule has 0 saturated heterocycles. The number of carbonyl (C=O) groups is 1. The molecule has 0 saturated carbocycles. The van der Waals surface area contributed by atoms with Gasteiger partial charge in [-0.3, -0.25) is 14.5 Å². The van der Waals surface area contributed by atoms with Gasteiger partial charge in [0.25, 0.3) is 5.91 Å². The number of rotatable bonds is 7. The lowest BCUT2D eigenvalue weighted by Crippen LogP contribution is -2.39. The predicted octanol–water partition coefficient (Wildman–Crippen LogP) is 3.78. The largest absolute Gasteiger partial charge is 0.435 e. The van der Waals surface area contributed by atoms with Gasteiger partial charge in [-0.1, -0.05) is 12.1 Å². The molecule has 0 unspecified atom stereocenters. The van der Waals surface area contributed by atoms with Crippen LogP contribution in [0.2, 0.25) is 0 Å². The second kappa shape index (κ2) is 8.74. The third-order valence-electron chi connectivity index (χ3n) is 4.71. The fourth-order valence-corrected chi connectivity index (χ4v) is 2.96. The fourth-order valence-electron chi connectivity index (χ4n) is 2.96. The first kappa shape index (κ1) is 21.6. The molecule has 0 spiro atoms. The zero-order valence-corrected chi connectivity index (χ0v) is 17.1. The van der Waals surface area contributed by atoms with Crippen molar-refractivity contribution in [3.05, 3.63) is 42.1 Å². The number of alkyl halides is 2. The van der Waals surface area contributed by atoms with Crippen LogP contribution < -0.4 is 10.1 Å². The molecular formula is C21H24F2N4O3. The minimum absolute atomic E-state index is 0.0258.